The van der Waals surface area contributed by atoms with Crippen molar-refractivity contribution >= 4 is 22.6 Å². The average Bonchev–Trinajstić information content (AvgIpc) is 2.43. The highest BCUT2D eigenvalue weighted by atomic mass is 16.4. The molecule has 0 saturated carbocycles. The molecule has 1 aromatic carbocycles. The minimum absolute atomic E-state index is 0.256. The minimum atomic E-state index is -0.936. The lowest BCUT2D eigenvalue weighted by Crippen LogP contribution is -2.25. The molecule has 0 bridgehead atoms. The van der Waals surface area contributed by atoms with Gasteiger partial charge in [-0.15, -0.1) is 0 Å². The van der Waals surface area contributed by atoms with E-state index in [0.717, 1.165) is 36.1 Å². The molecule has 0 unspecified atom stereocenters. The lowest BCUT2D eigenvalue weighted by atomic mass is 10.1. The summed E-state index contributed by atoms with van der Waals surface area (Å²) in [5, 5.41) is 10.9. The number of hydrogen-bond acceptors (Lipinski definition) is 3. The number of fused-ring (bicyclic) bond motifs is 1. The molecule has 0 amide bonds. The van der Waals surface area contributed by atoms with Crippen molar-refractivity contribution in [3.63, 3.8) is 0 Å². The van der Waals surface area contributed by atoms with E-state index >= 15 is 0 Å². The van der Waals surface area contributed by atoms with Crippen LogP contribution in [-0.2, 0) is 0 Å². The van der Waals surface area contributed by atoms with Crippen molar-refractivity contribution in [3.8, 4) is 0 Å². The van der Waals surface area contributed by atoms with E-state index in [1.165, 1.54) is 6.20 Å². The van der Waals surface area contributed by atoms with Crippen LogP contribution in [0.2, 0.25) is 0 Å². The number of aromatic nitrogens is 1. The fraction of sp³-hybridized carbons (Fsp3) is 0.333. The number of nitrogens with zero attached hydrogens (tertiary/aromatic N) is 2. The van der Waals surface area contributed by atoms with Crippen molar-refractivity contribution in [1.82, 2.24) is 4.98 Å². The summed E-state index contributed by atoms with van der Waals surface area (Å²) < 4.78 is 0. The molecule has 0 aliphatic heterocycles. The quantitative estimate of drug-likeness (QED) is 0.895. The standard InChI is InChI=1S/C15H18N2O2/c1-3-9-17(4-2)14-12-8-6-5-7-11(12)13(10-16-14)15(18)19/h5-8,10H,3-4,9H2,1-2H3,(H,18,19). The van der Waals surface area contributed by atoms with Crippen LogP contribution in [-0.4, -0.2) is 29.1 Å². The summed E-state index contributed by atoms with van der Waals surface area (Å²) in [6.07, 6.45) is 2.49. The normalized spacial score (nSPS) is 10.6. The molecule has 4 heteroatoms. The highest BCUT2D eigenvalue weighted by molar-refractivity contribution is 6.06. The highest BCUT2D eigenvalue weighted by Gasteiger charge is 2.15. The number of carboxylic acid groups (broad SMARTS) is 1. The van der Waals surface area contributed by atoms with Gasteiger partial charge in [0.05, 0.1) is 5.56 Å². The number of pyridine rings is 1. The van der Waals surface area contributed by atoms with Crippen LogP contribution in [0, 0.1) is 0 Å². The van der Waals surface area contributed by atoms with Gasteiger partial charge in [-0.3, -0.25) is 0 Å². The van der Waals surface area contributed by atoms with Gasteiger partial charge in [0.15, 0.2) is 0 Å². The van der Waals surface area contributed by atoms with Gasteiger partial charge >= 0.3 is 5.97 Å². The summed E-state index contributed by atoms with van der Waals surface area (Å²) >= 11 is 0. The van der Waals surface area contributed by atoms with Crippen molar-refractivity contribution in [2.45, 2.75) is 20.3 Å². The van der Waals surface area contributed by atoms with Gasteiger partial charge in [-0.2, -0.15) is 0 Å². The van der Waals surface area contributed by atoms with Crippen LogP contribution in [0.1, 0.15) is 30.6 Å². The third kappa shape index (κ3) is 2.52. The van der Waals surface area contributed by atoms with Gasteiger partial charge in [0.1, 0.15) is 5.82 Å². The summed E-state index contributed by atoms with van der Waals surface area (Å²) in [4.78, 5) is 17.8. The van der Waals surface area contributed by atoms with E-state index in [2.05, 4.69) is 23.7 Å². The van der Waals surface area contributed by atoms with Gasteiger partial charge in [-0.1, -0.05) is 31.2 Å². The van der Waals surface area contributed by atoms with Crippen LogP contribution < -0.4 is 4.90 Å². The molecule has 0 aliphatic rings. The number of carboxylic acids is 1. The van der Waals surface area contributed by atoms with E-state index in [1.54, 1.807) is 0 Å². The number of rotatable bonds is 5. The molecule has 100 valence electrons. The first-order valence-corrected chi connectivity index (χ1v) is 6.55. The van der Waals surface area contributed by atoms with Crippen molar-refractivity contribution in [1.29, 1.82) is 0 Å². The maximum Gasteiger partial charge on any atom is 0.337 e. The lowest BCUT2D eigenvalue weighted by Gasteiger charge is -2.23. The fourth-order valence-corrected chi connectivity index (χ4v) is 2.28. The number of aromatic carboxylic acids is 1. The average molecular weight is 258 g/mol. The monoisotopic (exact) mass is 258 g/mol. The first-order chi connectivity index (χ1) is 9.19. The zero-order chi connectivity index (χ0) is 13.8. The van der Waals surface area contributed by atoms with Crippen molar-refractivity contribution in [3.05, 3.63) is 36.0 Å². The Morgan fingerprint density at radius 3 is 2.53 bits per heavy atom. The molecule has 4 nitrogen and oxygen atoms in total. The third-order valence-corrected chi connectivity index (χ3v) is 3.18. The van der Waals surface area contributed by atoms with Crippen LogP contribution in [0.25, 0.3) is 10.8 Å². The van der Waals surface area contributed by atoms with E-state index in [1.807, 2.05) is 24.3 Å². The smallest absolute Gasteiger partial charge is 0.337 e. The number of hydrogen-bond donors (Lipinski definition) is 1. The van der Waals surface area contributed by atoms with E-state index in [-0.39, 0.29) is 5.56 Å². The molecular formula is C15H18N2O2. The van der Waals surface area contributed by atoms with E-state index in [9.17, 15) is 9.90 Å². The Balaban J connectivity index is 2.64. The molecule has 2 rings (SSSR count). The Kier molecular flexibility index (Phi) is 4.00. The third-order valence-electron chi connectivity index (χ3n) is 3.18. The van der Waals surface area contributed by atoms with Crippen LogP contribution in [0.15, 0.2) is 30.5 Å². The molecular weight excluding hydrogens is 240 g/mol. The second-order valence-corrected chi connectivity index (χ2v) is 4.43. The zero-order valence-electron chi connectivity index (χ0n) is 11.3. The summed E-state index contributed by atoms with van der Waals surface area (Å²) in [6.45, 7) is 5.98. The molecule has 0 atom stereocenters. The van der Waals surface area contributed by atoms with Gasteiger partial charge in [-0.05, 0) is 13.3 Å². The molecule has 2 aromatic rings. The van der Waals surface area contributed by atoms with E-state index in [4.69, 9.17) is 0 Å². The van der Waals surface area contributed by atoms with Gasteiger partial charge in [-0.25, -0.2) is 9.78 Å². The molecule has 1 heterocycles. The first-order valence-electron chi connectivity index (χ1n) is 6.55. The second kappa shape index (κ2) is 5.69. The Morgan fingerprint density at radius 1 is 1.26 bits per heavy atom. The molecule has 19 heavy (non-hydrogen) atoms. The molecule has 1 aromatic heterocycles. The predicted molar refractivity (Wildman–Crippen MR) is 76.9 cm³/mol. The van der Waals surface area contributed by atoms with Gasteiger partial charge in [0.2, 0.25) is 0 Å². The number of benzene rings is 1. The Morgan fingerprint density at radius 2 is 1.95 bits per heavy atom. The van der Waals surface area contributed by atoms with Crippen molar-refractivity contribution in [2.75, 3.05) is 18.0 Å². The molecule has 0 radical (unpaired) electrons. The summed E-state index contributed by atoms with van der Waals surface area (Å²) in [5.74, 6) is -0.0706. The molecule has 0 fully saturated rings. The van der Waals surface area contributed by atoms with Crippen molar-refractivity contribution in [2.24, 2.45) is 0 Å². The number of carbonyl (C=O) groups is 1. The Hall–Kier alpha value is -2.10. The van der Waals surface area contributed by atoms with E-state index in [0.29, 0.717) is 0 Å². The van der Waals surface area contributed by atoms with Gasteiger partial charge in [0.25, 0.3) is 0 Å². The van der Waals surface area contributed by atoms with Gasteiger partial charge < -0.3 is 10.0 Å². The topological polar surface area (TPSA) is 53.4 Å². The van der Waals surface area contributed by atoms with Crippen LogP contribution in [0.4, 0.5) is 5.82 Å². The molecule has 0 saturated heterocycles. The maximum atomic E-state index is 11.2. The molecule has 0 spiro atoms. The van der Waals surface area contributed by atoms with Crippen LogP contribution in [0.5, 0.6) is 0 Å². The van der Waals surface area contributed by atoms with Crippen molar-refractivity contribution < 1.29 is 9.90 Å². The van der Waals surface area contributed by atoms with Crippen LogP contribution in [0.3, 0.4) is 0 Å². The lowest BCUT2D eigenvalue weighted by molar-refractivity contribution is 0.0698. The molecule has 0 aliphatic carbocycles. The zero-order valence-corrected chi connectivity index (χ0v) is 11.3. The first kappa shape index (κ1) is 13.3. The summed E-state index contributed by atoms with van der Waals surface area (Å²) in [7, 11) is 0. The Labute approximate surface area is 112 Å². The maximum absolute atomic E-state index is 11.2. The largest absolute Gasteiger partial charge is 0.478 e. The minimum Gasteiger partial charge on any atom is -0.478 e. The number of anilines is 1. The van der Waals surface area contributed by atoms with Gasteiger partial charge in [0, 0.05) is 30.1 Å². The fourth-order valence-electron chi connectivity index (χ4n) is 2.28. The highest BCUT2D eigenvalue weighted by Crippen LogP contribution is 2.27. The summed E-state index contributed by atoms with van der Waals surface area (Å²) in [5.41, 5.74) is 0.256. The second-order valence-electron chi connectivity index (χ2n) is 4.43. The predicted octanol–water partition coefficient (Wildman–Crippen LogP) is 3.17. The van der Waals surface area contributed by atoms with Crippen LogP contribution >= 0.6 is 0 Å². The SMILES string of the molecule is CCCN(CC)c1ncc(C(=O)O)c2ccccc12. The molecule has 1 N–H and O–H groups in total. The summed E-state index contributed by atoms with van der Waals surface area (Å²) in [6, 6.07) is 7.54. The Bertz CT molecular complexity index is 596. The van der Waals surface area contributed by atoms with E-state index < -0.39 is 5.97 Å².